The van der Waals surface area contributed by atoms with Crippen LogP contribution in [0.2, 0.25) is 0 Å². The van der Waals surface area contributed by atoms with Crippen LogP contribution in [0.3, 0.4) is 0 Å². The molecule has 10 heteroatoms. The van der Waals surface area contributed by atoms with E-state index < -0.39 is 17.7 Å². The highest BCUT2D eigenvalue weighted by molar-refractivity contribution is 5.97. The Morgan fingerprint density at radius 1 is 1.06 bits per heavy atom. The molecule has 33 heavy (non-hydrogen) atoms. The predicted octanol–water partition coefficient (Wildman–Crippen LogP) is 3.74. The molecule has 0 atom stereocenters. The van der Waals surface area contributed by atoms with Crippen molar-refractivity contribution in [2.75, 3.05) is 19.1 Å². The lowest BCUT2D eigenvalue weighted by Gasteiger charge is -2.25. The molecule has 4 aromatic rings. The van der Waals surface area contributed by atoms with Gasteiger partial charge < -0.3 is 9.47 Å². The average Bonchev–Trinajstić information content (AvgIpc) is 3.44. The minimum atomic E-state index is -0.684. The first-order valence-electron chi connectivity index (χ1n) is 10.2. The Labute approximate surface area is 190 Å². The van der Waals surface area contributed by atoms with Crippen LogP contribution in [0.5, 0.6) is 0 Å². The fourth-order valence-corrected chi connectivity index (χ4v) is 3.18. The standard InChI is InChI=1S/C23H24N6O4/c1-23(2,3)33-22(31)27(4)19-13-18(25-20-16(21(30)32-5)14-24-29(19)20)17-11-12-28(26-17)15-9-7-6-8-10-15/h6-14H,1-5H3. The van der Waals surface area contributed by atoms with E-state index in [9.17, 15) is 9.59 Å². The number of carbonyl (C=O) groups excluding carboxylic acids is 2. The van der Waals surface area contributed by atoms with Crippen LogP contribution in [0, 0.1) is 0 Å². The summed E-state index contributed by atoms with van der Waals surface area (Å²) in [5.74, 6) is -0.232. The predicted molar refractivity (Wildman–Crippen MR) is 122 cm³/mol. The molecule has 0 radical (unpaired) electrons. The van der Waals surface area contributed by atoms with Crippen molar-refractivity contribution in [3.63, 3.8) is 0 Å². The monoisotopic (exact) mass is 448 g/mol. The third-order valence-electron chi connectivity index (χ3n) is 4.74. The van der Waals surface area contributed by atoms with E-state index in [4.69, 9.17) is 9.47 Å². The molecular formula is C23H24N6O4. The number of esters is 1. The molecule has 0 spiro atoms. The van der Waals surface area contributed by atoms with Crippen LogP contribution in [0.25, 0.3) is 22.7 Å². The van der Waals surface area contributed by atoms with Crippen molar-refractivity contribution >= 4 is 23.5 Å². The Kier molecular flexibility index (Phi) is 5.59. The molecule has 0 fully saturated rings. The molecule has 0 bridgehead atoms. The molecule has 0 saturated carbocycles. The minimum Gasteiger partial charge on any atom is -0.465 e. The van der Waals surface area contributed by atoms with E-state index in [2.05, 4.69) is 15.2 Å². The summed E-state index contributed by atoms with van der Waals surface area (Å²) in [7, 11) is 2.85. The van der Waals surface area contributed by atoms with Crippen molar-refractivity contribution in [1.29, 1.82) is 0 Å². The quantitative estimate of drug-likeness (QED) is 0.438. The van der Waals surface area contributed by atoms with Gasteiger partial charge in [0.1, 0.15) is 22.7 Å². The van der Waals surface area contributed by atoms with Gasteiger partial charge in [-0.2, -0.15) is 14.7 Å². The molecule has 0 aliphatic heterocycles. The number of fused-ring (bicyclic) bond motifs is 1. The summed E-state index contributed by atoms with van der Waals surface area (Å²) in [5.41, 5.74) is 1.61. The minimum absolute atomic E-state index is 0.167. The molecule has 1 aromatic carbocycles. The number of amides is 1. The number of ether oxygens (including phenoxy) is 2. The first-order chi connectivity index (χ1) is 15.7. The molecule has 10 nitrogen and oxygen atoms in total. The number of benzene rings is 1. The molecule has 170 valence electrons. The van der Waals surface area contributed by atoms with Gasteiger partial charge in [-0.05, 0) is 39.0 Å². The zero-order valence-electron chi connectivity index (χ0n) is 19.0. The van der Waals surface area contributed by atoms with Gasteiger partial charge in [0.2, 0.25) is 0 Å². The Balaban J connectivity index is 1.84. The highest BCUT2D eigenvalue weighted by Gasteiger charge is 2.26. The molecule has 1 amide bonds. The number of para-hydroxylation sites is 1. The van der Waals surface area contributed by atoms with Gasteiger partial charge in [0.15, 0.2) is 5.65 Å². The normalized spacial score (nSPS) is 11.4. The van der Waals surface area contributed by atoms with Crippen LogP contribution >= 0.6 is 0 Å². The number of carbonyl (C=O) groups is 2. The summed E-state index contributed by atoms with van der Waals surface area (Å²) < 4.78 is 13.5. The van der Waals surface area contributed by atoms with Crippen molar-refractivity contribution in [1.82, 2.24) is 24.4 Å². The number of hydrogen-bond acceptors (Lipinski definition) is 7. The largest absolute Gasteiger partial charge is 0.465 e. The number of rotatable bonds is 4. The maximum atomic E-state index is 12.8. The SMILES string of the molecule is COC(=O)c1cnn2c(N(C)C(=O)OC(C)(C)C)cc(-c3ccn(-c4ccccc4)n3)nc12. The van der Waals surface area contributed by atoms with Gasteiger partial charge in [-0.15, -0.1) is 0 Å². The second-order valence-corrected chi connectivity index (χ2v) is 8.31. The van der Waals surface area contributed by atoms with Gasteiger partial charge in [-0.1, -0.05) is 18.2 Å². The lowest BCUT2D eigenvalue weighted by atomic mass is 10.2. The van der Waals surface area contributed by atoms with E-state index >= 15 is 0 Å². The van der Waals surface area contributed by atoms with Crippen LogP contribution in [-0.2, 0) is 9.47 Å². The third kappa shape index (κ3) is 4.40. The summed E-state index contributed by atoms with van der Waals surface area (Å²) in [6.07, 6.45) is 2.59. The van der Waals surface area contributed by atoms with Crippen LogP contribution in [0.1, 0.15) is 31.1 Å². The molecular weight excluding hydrogens is 424 g/mol. The average molecular weight is 448 g/mol. The van der Waals surface area contributed by atoms with Gasteiger partial charge in [0, 0.05) is 19.3 Å². The molecule has 3 heterocycles. The van der Waals surface area contributed by atoms with Crippen molar-refractivity contribution in [2.24, 2.45) is 0 Å². The summed E-state index contributed by atoms with van der Waals surface area (Å²) in [5, 5.41) is 8.87. The second kappa shape index (κ2) is 8.38. The molecule has 4 rings (SSSR count). The first-order valence-corrected chi connectivity index (χ1v) is 10.2. The van der Waals surface area contributed by atoms with Crippen LogP contribution < -0.4 is 4.90 Å². The van der Waals surface area contributed by atoms with E-state index in [-0.39, 0.29) is 11.2 Å². The molecule has 0 N–H and O–H groups in total. The lowest BCUT2D eigenvalue weighted by molar-refractivity contribution is 0.0583. The number of nitrogens with zero attached hydrogens (tertiary/aromatic N) is 6. The molecule has 0 aliphatic rings. The summed E-state index contributed by atoms with van der Waals surface area (Å²) >= 11 is 0. The lowest BCUT2D eigenvalue weighted by Crippen LogP contribution is -2.35. The fourth-order valence-electron chi connectivity index (χ4n) is 3.18. The van der Waals surface area contributed by atoms with Gasteiger partial charge in [0.25, 0.3) is 0 Å². The van der Waals surface area contributed by atoms with E-state index in [1.807, 2.05) is 36.5 Å². The Morgan fingerprint density at radius 2 is 1.79 bits per heavy atom. The Bertz CT molecular complexity index is 1320. The summed E-state index contributed by atoms with van der Waals surface area (Å²) in [6, 6.07) is 13.1. The molecule has 0 saturated heterocycles. The van der Waals surface area contributed by atoms with Gasteiger partial charge in [-0.3, -0.25) is 4.90 Å². The van der Waals surface area contributed by atoms with E-state index in [1.54, 1.807) is 44.6 Å². The third-order valence-corrected chi connectivity index (χ3v) is 4.74. The highest BCUT2D eigenvalue weighted by Crippen LogP contribution is 2.26. The number of methoxy groups -OCH3 is 1. The molecule has 0 unspecified atom stereocenters. The van der Waals surface area contributed by atoms with Crippen LogP contribution in [0.15, 0.2) is 54.9 Å². The maximum absolute atomic E-state index is 12.8. The maximum Gasteiger partial charge on any atom is 0.415 e. The van der Waals surface area contributed by atoms with Crippen LogP contribution in [0.4, 0.5) is 10.6 Å². The smallest absolute Gasteiger partial charge is 0.415 e. The van der Waals surface area contributed by atoms with E-state index in [1.165, 1.54) is 22.7 Å². The van der Waals surface area contributed by atoms with E-state index in [0.29, 0.717) is 17.2 Å². The van der Waals surface area contributed by atoms with Gasteiger partial charge >= 0.3 is 12.1 Å². The zero-order chi connectivity index (χ0) is 23.8. The van der Waals surface area contributed by atoms with Crippen molar-refractivity contribution < 1.29 is 19.1 Å². The number of hydrogen-bond donors (Lipinski definition) is 0. The zero-order valence-corrected chi connectivity index (χ0v) is 19.0. The summed E-state index contributed by atoms with van der Waals surface area (Å²) in [6.45, 7) is 5.35. The summed E-state index contributed by atoms with van der Waals surface area (Å²) in [4.78, 5) is 31.0. The van der Waals surface area contributed by atoms with Crippen molar-refractivity contribution in [3.8, 4) is 17.1 Å². The second-order valence-electron chi connectivity index (χ2n) is 8.31. The fraction of sp³-hybridized carbons (Fsp3) is 0.261. The number of anilines is 1. The molecule has 0 aliphatic carbocycles. The van der Waals surface area contributed by atoms with E-state index in [0.717, 1.165) is 5.69 Å². The highest BCUT2D eigenvalue weighted by atomic mass is 16.6. The van der Waals surface area contributed by atoms with Crippen LogP contribution in [-0.4, -0.2) is 56.2 Å². The van der Waals surface area contributed by atoms with Crippen molar-refractivity contribution in [3.05, 3.63) is 60.4 Å². The molecule has 3 aromatic heterocycles. The number of aromatic nitrogens is 5. The Morgan fingerprint density at radius 3 is 2.45 bits per heavy atom. The first kappa shape index (κ1) is 22.0. The van der Waals surface area contributed by atoms with Crippen molar-refractivity contribution in [2.45, 2.75) is 26.4 Å². The topological polar surface area (TPSA) is 104 Å². The van der Waals surface area contributed by atoms with Gasteiger partial charge in [-0.25, -0.2) is 19.3 Å². The van der Waals surface area contributed by atoms with Gasteiger partial charge in [0.05, 0.1) is 24.7 Å². The Hall–Kier alpha value is -4.21.